The molecule has 0 bridgehead atoms. The Labute approximate surface area is 94.2 Å². The van der Waals surface area contributed by atoms with Crippen molar-refractivity contribution in [1.82, 2.24) is 0 Å². The van der Waals surface area contributed by atoms with Crippen LogP contribution in [-0.2, 0) is 0 Å². The molecule has 3 nitrogen and oxygen atoms in total. The largest absolute Gasteiger partial charge is 0.489 e. The molecule has 1 atom stereocenters. The molecule has 82 valence electrons. The maximum atomic E-state index is 5.80. The van der Waals surface area contributed by atoms with Crippen LogP contribution in [0.3, 0.4) is 0 Å². The minimum atomic E-state index is 0.216. The predicted octanol–water partition coefficient (Wildman–Crippen LogP) is 1.97. The third kappa shape index (κ3) is 1.41. The van der Waals surface area contributed by atoms with E-state index in [1.165, 1.54) is 5.39 Å². The van der Waals surface area contributed by atoms with Crippen LogP contribution in [0.25, 0.3) is 10.8 Å². The lowest BCUT2D eigenvalue weighted by molar-refractivity contribution is 0.290. The third-order valence-electron chi connectivity index (χ3n) is 2.95. The molecule has 0 fully saturated rings. The van der Waals surface area contributed by atoms with Gasteiger partial charge in [-0.25, -0.2) is 0 Å². The monoisotopic (exact) mass is 214 g/mol. The van der Waals surface area contributed by atoms with E-state index in [9.17, 15) is 0 Å². The summed E-state index contributed by atoms with van der Waals surface area (Å²) in [5.41, 5.74) is 6.67. The van der Waals surface area contributed by atoms with E-state index in [-0.39, 0.29) is 6.04 Å². The first-order valence-electron chi connectivity index (χ1n) is 5.49. The third-order valence-corrected chi connectivity index (χ3v) is 2.95. The minimum Gasteiger partial charge on any atom is -0.489 e. The molecule has 0 aromatic heterocycles. The van der Waals surface area contributed by atoms with Gasteiger partial charge in [-0.2, -0.15) is 0 Å². The summed E-state index contributed by atoms with van der Waals surface area (Å²) < 4.78 is 5.80. The molecule has 0 saturated carbocycles. The number of benzene rings is 2. The van der Waals surface area contributed by atoms with Gasteiger partial charge in [0.15, 0.2) is 0 Å². The first kappa shape index (κ1) is 9.48. The summed E-state index contributed by atoms with van der Waals surface area (Å²) in [4.78, 5) is 0. The molecule has 2 aromatic carbocycles. The van der Waals surface area contributed by atoms with E-state index in [0.717, 1.165) is 16.8 Å². The van der Waals surface area contributed by atoms with Crippen molar-refractivity contribution in [2.45, 2.75) is 6.04 Å². The summed E-state index contributed by atoms with van der Waals surface area (Å²) in [5, 5.41) is 5.75. The standard InChI is InChI=1S/C13H14N2O/c14-7-10-8-16-13-11-4-2-1-3-9(11)5-6-12(13)15-10/h1-6,10,15H,7-8,14H2. The molecule has 1 aliphatic rings. The number of ether oxygens (including phenoxy) is 1. The Morgan fingerprint density at radius 3 is 3.00 bits per heavy atom. The van der Waals surface area contributed by atoms with Crippen LogP contribution < -0.4 is 15.8 Å². The number of hydrogen-bond acceptors (Lipinski definition) is 3. The zero-order chi connectivity index (χ0) is 11.0. The Morgan fingerprint density at radius 1 is 1.25 bits per heavy atom. The lowest BCUT2D eigenvalue weighted by Crippen LogP contribution is -2.37. The predicted molar refractivity (Wildman–Crippen MR) is 65.9 cm³/mol. The van der Waals surface area contributed by atoms with Crippen LogP contribution in [-0.4, -0.2) is 19.2 Å². The maximum absolute atomic E-state index is 5.80. The van der Waals surface area contributed by atoms with Crippen LogP contribution in [0, 0.1) is 0 Å². The highest BCUT2D eigenvalue weighted by molar-refractivity contribution is 5.93. The van der Waals surface area contributed by atoms with E-state index >= 15 is 0 Å². The second-order valence-electron chi connectivity index (χ2n) is 4.05. The van der Waals surface area contributed by atoms with Gasteiger partial charge in [-0.05, 0) is 11.5 Å². The molecular weight excluding hydrogens is 200 g/mol. The van der Waals surface area contributed by atoms with Crippen LogP contribution in [0.15, 0.2) is 36.4 Å². The van der Waals surface area contributed by atoms with Gasteiger partial charge in [0.2, 0.25) is 0 Å². The van der Waals surface area contributed by atoms with Crippen molar-refractivity contribution in [2.75, 3.05) is 18.5 Å². The van der Waals surface area contributed by atoms with E-state index in [4.69, 9.17) is 10.5 Å². The van der Waals surface area contributed by atoms with Crippen LogP contribution in [0.1, 0.15) is 0 Å². The molecule has 2 aromatic rings. The van der Waals surface area contributed by atoms with Gasteiger partial charge in [0.25, 0.3) is 0 Å². The summed E-state index contributed by atoms with van der Waals surface area (Å²) in [7, 11) is 0. The van der Waals surface area contributed by atoms with Gasteiger partial charge in [-0.15, -0.1) is 0 Å². The van der Waals surface area contributed by atoms with Crippen molar-refractivity contribution in [2.24, 2.45) is 5.73 Å². The molecule has 16 heavy (non-hydrogen) atoms. The SMILES string of the molecule is NCC1COc2c(ccc3ccccc23)N1. The molecule has 3 rings (SSSR count). The van der Waals surface area contributed by atoms with Crippen molar-refractivity contribution in [3.8, 4) is 5.75 Å². The van der Waals surface area contributed by atoms with E-state index < -0.39 is 0 Å². The fourth-order valence-electron chi connectivity index (χ4n) is 2.08. The summed E-state index contributed by atoms with van der Waals surface area (Å²) in [5.74, 6) is 0.947. The van der Waals surface area contributed by atoms with Crippen LogP contribution >= 0.6 is 0 Å². The van der Waals surface area contributed by atoms with Gasteiger partial charge in [-0.3, -0.25) is 0 Å². The van der Waals surface area contributed by atoms with Crippen LogP contribution in [0.5, 0.6) is 5.75 Å². The zero-order valence-electron chi connectivity index (χ0n) is 8.94. The van der Waals surface area contributed by atoms with E-state index in [0.29, 0.717) is 13.2 Å². The summed E-state index contributed by atoms with van der Waals surface area (Å²) in [6, 6.07) is 12.6. The highest BCUT2D eigenvalue weighted by Crippen LogP contribution is 2.36. The van der Waals surface area contributed by atoms with Crippen molar-refractivity contribution >= 4 is 16.5 Å². The average Bonchev–Trinajstić information content (AvgIpc) is 2.38. The molecule has 0 radical (unpaired) electrons. The number of rotatable bonds is 1. The quantitative estimate of drug-likeness (QED) is 0.763. The van der Waals surface area contributed by atoms with Gasteiger partial charge in [0.05, 0.1) is 11.7 Å². The summed E-state index contributed by atoms with van der Waals surface area (Å²) in [6.45, 7) is 1.23. The second kappa shape index (κ2) is 3.68. The van der Waals surface area contributed by atoms with Crippen molar-refractivity contribution in [3.63, 3.8) is 0 Å². The molecule has 0 spiro atoms. The molecule has 1 aliphatic heterocycles. The number of fused-ring (bicyclic) bond motifs is 3. The molecule has 1 heterocycles. The highest BCUT2D eigenvalue weighted by atomic mass is 16.5. The lowest BCUT2D eigenvalue weighted by atomic mass is 10.1. The maximum Gasteiger partial charge on any atom is 0.150 e. The summed E-state index contributed by atoms with van der Waals surface area (Å²) in [6.07, 6.45) is 0. The number of nitrogens with two attached hydrogens (primary N) is 1. The molecule has 3 N–H and O–H groups in total. The highest BCUT2D eigenvalue weighted by Gasteiger charge is 2.19. The number of hydrogen-bond donors (Lipinski definition) is 2. The molecule has 3 heteroatoms. The average molecular weight is 214 g/mol. The number of anilines is 1. The Bertz CT molecular complexity index is 524. The Balaban J connectivity index is 2.14. The van der Waals surface area contributed by atoms with E-state index in [1.54, 1.807) is 0 Å². The van der Waals surface area contributed by atoms with Crippen LogP contribution in [0.4, 0.5) is 5.69 Å². The normalized spacial score (nSPS) is 18.7. The molecule has 0 aliphatic carbocycles. The van der Waals surface area contributed by atoms with Crippen LogP contribution in [0.2, 0.25) is 0 Å². The first-order valence-corrected chi connectivity index (χ1v) is 5.49. The zero-order valence-corrected chi connectivity index (χ0v) is 8.94. The lowest BCUT2D eigenvalue weighted by Gasteiger charge is -2.27. The fourth-order valence-corrected chi connectivity index (χ4v) is 2.08. The summed E-state index contributed by atoms with van der Waals surface area (Å²) >= 11 is 0. The second-order valence-corrected chi connectivity index (χ2v) is 4.05. The molecule has 0 saturated heterocycles. The van der Waals surface area contributed by atoms with Gasteiger partial charge in [-0.1, -0.05) is 30.3 Å². The van der Waals surface area contributed by atoms with Gasteiger partial charge in [0.1, 0.15) is 12.4 Å². The molecule has 0 amide bonds. The van der Waals surface area contributed by atoms with Crippen molar-refractivity contribution in [3.05, 3.63) is 36.4 Å². The van der Waals surface area contributed by atoms with Crippen molar-refractivity contribution in [1.29, 1.82) is 0 Å². The molecule has 1 unspecified atom stereocenters. The van der Waals surface area contributed by atoms with Crippen molar-refractivity contribution < 1.29 is 4.74 Å². The molecular formula is C13H14N2O. The first-order chi connectivity index (χ1) is 7.88. The van der Waals surface area contributed by atoms with E-state index in [2.05, 4.69) is 29.6 Å². The number of nitrogens with one attached hydrogen (secondary N) is 1. The topological polar surface area (TPSA) is 47.3 Å². The Morgan fingerprint density at radius 2 is 2.12 bits per heavy atom. The van der Waals surface area contributed by atoms with Gasteiger partial charge in [0, 0.05) is 11.9 Å². The van der Waals surface area contributed by atoms with Gasteiger partial charge >= 0.3 is 0 Å². The van der Waals surface area contributed by atoms with Gasteiger partial charge < -0.3 is 15.8 Å². The van der Waals surface area contributed by atoms with E-state index in [1.807, 2.05) is 12.1 Å². The Hall–Kier alpha value is -1.74. The minimum absolute atomic E-state index is 0.216. The fraction of sp³-hybridized carbons (Fsp3) is 0.231. The smallest absolute Gasteiger partial charge is 0.150 e. The Kier molecular flexibility index (Phi) is 2.18.